The van der Waals surface area contributed by atoms with Crippen LogP contribution in [0.4, 0.5) is 11.4 Å². The topological polar surface area (TPSA) is 75.3 Å². The fourth-order valence-corrected chi connectivity index (χ4v) is 4.45. The lowest BCUT2D eigenvalue weighted by molar-refractivity contribution is 0.102. The summed E-state index contributed by atoms with van der Waals surface area (Å²) in [7, 11) is -4.00. The van der Waals surface area contributed by atoms with Crippen LogP contribution < -0.4 is 10.0 Å². The number of amides is 1. The Balaban J connectivity index is 1.92. The summed E-state index contributed by atoms with van der Waals surface area (Å²) in [6, 6.07) is 17.1. The number of hydrogen-bond acceptors (Lipinski definition) is 3. The molecule has 3 rings (SSSR count). The summed E-state index contributed by atoms with van der Waals surface area (Å²) in [5.74, 6) is -0.581. The van der Waals surface area contributed by atoms with Crippen molar-refractivity contribution in [3.05, 3.63) is 87.4 Å². The molecule has 144 valence electrons. The lowest BCUT2D eigenvalue weighted by Crippen LogP contribution is -2.16. The molecule has 3 aromatic carbocycles. The van der Waals surface area contributed by atoms with E-state index >= 15 is 0 Å². The minimum Gasteiger partial charge on any atom is -0.319 e. The Labute approximate surface area is 177 Å². The summed E-state index contributed by atoms with van der Waals surface area (Å²) < 4.78 is 27.8. The second kappa shape index (κ2) is 8.41. The second-order valence-corrected chi connectivity index (χ2v) is 8.54. The van der Waals surface area contributed by atoms with Crippen molar-refractivity contribution in [2.24, 2.45) is 0 Å². The summed E-state index contributed by atoms with van der Waals surface area (Å²) in [6.07, 6.45) is 0. The zero-order chi connectivity index (χ0) is 20.3. The molecule has 2 N–H and O–H groups in total. The van der Waals surface area contributed by atoms with Crippen molar-refractivity contribution in [2.45, 2.75) is 4.90 Å². The Morgan fingerprint density at radius 3 is 2.07 bits per heavy atom. The van der Waals surface area contributed by atoms with Gasteiger partial charge in [-0.15, -0.1) is 0 Å². The van der Waals surface area contributed by atoms with Gasteiger partial charge in [-0.2, -0.15) is 0 Å². The largest absolute Gasteiger partial charge is 0.319 e. The molecule has 0 aliphatic rings. The SMILES string of the molecule is O=C(Nc1c(Cl)cccc1Cl)c1ccc(Cl)c(S(=O)(=O)Nc2ccccc2)c1. The third-order valence-electron chi connectivity index (χ3n) is 3.71. The van der Waals surface area contributed by atoms with E-state index in [4.69, 9.17) is 34.8 Å². The fourth-order valence-electron chi connectivity index (χ4n) is 2.37. The summed E-state index contributed by atoms with van der Waals surface area (Å²) in [5, 5.41) is 3.08. The molecule has 0 saturated heterocycles. The van der Waals surface area contributed by atoms with E-state index in [2.05, 4.69) is 10.0 Å². The van der Waals surface area contributed by atoms with Crippen molar-refractivity contribution in [3.63, 3.8) is 0 Å². The molecule has 0 fully saturated rings. The lowest BCUT2D eigenvalue weighted by Gasteiger charge is -2.12. The highest BCUT2D eigenvalue weighted by Crippen LogP contribution is 2.31. The Morgan fingerprint density at radius 1 is 0.786 bits per heavy atom. The van der Waals surface area contributed by atoms with Crippen molar-refractivity contribution in [1.82, 2.24) is 0 Å². The number of halogens is 3. The quantitative estimate of drug-likeness (QED) is 0.518. The second-order valence-electron chi connectivity index (χ2n) is 5.67. The monoisotopic (exact) mass is 454 g/mol. The first-order chi connectivity index (χ1) is 13.3. The zero-order valence-electron chi connectivity index (χ0n) is 14.1. The smallest absolute Gasteiger partial charge is 0.263 e. The van der Waals surface area contributed by atoms with Crippen LogP contribution in [0.25, 0.3) is 0 Å². The Morgan fingerprint density at radius 2 is 1.43 bits per heavy atom. The highest BCUT2D eigenvalue weighted by Gasteiger charge is 2.21. The van der Waals surface area contributed by atoms with Crippen molar-refractivity contribution in [2.75, 3.05) is 10.0 Å². The van der Waals surface area contributed by atoms with Crippen LogP contribution in [0.15, 0.2) is 71.6 Å². The summed E-state index contributed by atoms with van der Waals surface area (Å²) in [5.41, 5.74) is 0.683. The number of nitrogens with one attached hydrogen (secondary N) is 2. The highest BCUT2D eigenvalue weighted by atomic mass is 35.5. The van der Waals surface area contributed by atoms with Gasteiger partial charge in [0, 0.05) is 11.3 Å². The maximum Gasteiger partial charge on any atom is 0.263 e. The average Bonchev–Trinajstić information content (AvgIpc) is 2.65. The van der Waals surface area contributed by atoms with Gasteiger partial charge in [-0.25, -0.2) is 8.42 Å². The van der Waals surface area contributed by atoms with Crippen LogP contribution in [0.3, 0.4) is 0 Å². The number of benzene rings is 3. The van der Waals surface area contributed by atoms with Crippen LogP contribution >= 0.6 is 34.8 Å². The van der Waals surface area contributed by atoms with Gasteiger partial charge in [0.25, 0.3) is 15.9 Å². The summed E-state index contributed by atoms with van der Waals surface area (Å²) in [6.45, 7) is 0. The maximum atomic E-state index is 12.7. The molecule has 0 bridgehead atoms. The predicted octanol–water partition coefficient (Wildman–Crippen LogP) is 5.70. The van der Waals surface area contributed by atoms with Gasteiger partial charge in [0.15, 0.2) is 0 Å². The molecule has 1 amide bonds. The molecular weight excluding hydrogens is 443 g/mol. The first-order valence-electron chi connectivity index (χ1n) is 7.91. The molecule has 0 aliphatic carbocycles. The maximum absolute atomic E-state index is 12.7. The van der Waals surface area contributed by atoms with E-state index in [1.807, 2.05) is 0 Å². The van der Waals surface area contributed by atoms with Crippen LogP contribution in [-0.4, -0.2) is 14.3 Å². The van der Waals surface area contributed by atoms with E-state index in [9.17, 15) is 13.2 Å². The van der Waals surface area contributed by atoms with Crippen molar-refractivity contribution >= 4 is 62.1 Å². The van der Waals surface area contributed by atoms with Crippen molar-refractivity contribution in [3.8, 4) is 0 Å². The van der Waals surface area contributed by atoms with E-state index in [1.165, 1.54) is 18.2 Å². The predicted molar refractivity (Wildman–Crippen MR) is 113 cm³/mol. The standard InChI is InChI=1S/C19H13Cl3N2O3S/c20-14-10-9-12(19(25)23-18-15(21)7-4-8-16(18)22)11-17(14)28(26,27)24-13-5-2-1-3-6-13/h1-11,24H,(H,23,25). The van der Waals surface area contributed by atoms with Gasteiger partial charge in [-0.05, 0) is 42.5 Å². The van der Waals surface area contributed by atoms with Gasteiger partial charge in [0.1, 0.15) is 4.90 Å². The van der Waals surface area contributed by atoms with Gasteiger partial charge in [-0.1, -0.05) is 59.1 Å². The molecule has 5 nitrogen and oxygen atoms in total. The molecule has 0 atom stereocenters. The lowest BCUT2D eigenvalue weighted by atomic mass is 10.2. The molecule has 0 spiro atoms. The zero-order valence-corrected chi connectivity index (χ0v) is 17.2. The summed E-state index contributed by atoms with van der Waals surface area (Å²) in [4.78, 5) is 12.4. The van der Waals surface area contributed by atoms with E-state index in [1.54, 1.807) is 48.5 Å². The molecule has 0 heterocycles. The van der Waals surface area contributed by atoms with E-state index < -0.39 is 15.9 Å². The van der Waals surface area contributed by atoms with E-state index in [-0.39, 0.29) is 31.2 Å². The normalized spacial score (nSPS) is 11.1. The molecule has 0 aliphatic heterocycles. The van der Waals surface area contributed by atoms with Crippen LogP contribution in [0.1, 0.15) is 10.4 Å². The number of carbonyl (C=O) groups is 1. The van der Waals surface area contributed by atoms with Gasteiger partial charge in [0.05, 0.1) is 20.8 Å². The minimum atomic E-state index is -4.00. The first-order valence-corrected chi connectivity index (χ1v) is 10.5. The van der Waals surface area contributed by atoms with Crippen molar-refractivity contribution in [1.29, 1.82) is 0 Å². The fraction of sp³-hybridized carbons (Fsp3) is 0. The Bertz CT molecular complexity index is 1120. The number of rotatable bonds is 5. The highest BCUT2D eigenvalue weighted by molar-refractivity contribution is 7.92. The van der Waals surface area contributed by atoms with Crippen LogP contribution in [0.2, 0.25) is 15.1 Å². The number of carbonyl (C=O) groups excluding carboxylic acids is 1. The minimum absolute atomic E-state index is 0.0178. The Hall–Kier alpha value is -2.25. The summed E-state index contributed by atoms with van der Waals surface area (Å²) >= 11 is 18.2. The number of hydrogen-bond donors (Lipinski definition) is 2. The molecule has 0 unspecified atom stereocenters. The third kappa shape index (κ3) is 4.59. The molecule has 0 radical (unpaired) electrons. The van der Waals surface area contributed by atoms with Gasteiger partial charge in [-0.3, -0.25) is 9.52 Å². The third-order valence-corrected chi connectivity index (χ3v) is 6.20. The number of anilines is 2. The average molecular weight is 456 g/mol. The number of sulfonamides is 1. The van der Waals surface area contributed by atoms with Crippen LogP contribution in [-0.2, 0) is 10.0 Å². The van der Waals surface area contributed by atoms with Gasteiger partial charge >= 0.3 is 0 Å². The first kappa shape index (κ1) is 20.5. The molecular formula is C19H13Cl3N2O3S. The molecule has 9 heteroatoms. The molecule has 28 heavy (non-hydrogen) atoms. The van der Waals surface area contributed by atoms with Crippen molar-refractivity contribution < 1.29 is 13.2 Å². The molecule has 0 aromatic heterocycles. The van der Waals surface area contributed by atoms with E-state index in [0.29, 0.717) is 5.69 Å². The number of para-hydroxylation sites is 2. The Kier molecular flexibility index (Phi) is 6.15. The van der Waals surface area contributed by atoms with Crippen LogP contribution in [0.5, 0.6) is 0 Å². The van der Waals surface area contributed by atoms with E-state index in [0.717, 1.165) is 0 Å². The van der Waals surface area contributed by atoms with Crippen LogP contribution in [0, 0.1) is 0 Å². The molecule has 3 aromatic rings. The van der Waals surface area contributed by atoms with Gasteiger partial charge in [0.2, 0.25) is 0 Å². The molecule has 0 saturated carbocycles. The van der Waals surface area contributed by atoms with Gasteiger partial charge < -0.3 is 5.32 Å².